The van der Waals surface area contributed by atoms with E-state index in [0.717, 1.165) is 12.8 Å². The van der Waals surface area contributed by atoms with Crippen molar-refractivity contribution in [3.8, 4) is 0 Å². The number of nitrogens with zero attached hydrogens (tertiary/aromatic N) is 2. The summed E-state index contributed by atoms with van der Waals surface area (Å²) in [4.78, 5) is 15.3. The van der Waals surface area contributed by atoms with Gasteiger partial charge in [0.25, 0.3) is 0 Å². The zero-order valence-corrected chi connectivity index (χ0v) is 28.7. The molecule has 2 atom stereocenters. The average molecular weight is 619 g/mol. The Bertz CT molecular complexity index is 1450. The van der Waals surface area contributed by atoms with E-state index in [1.807, 2.05) is 23.5 Å². The Morgan fingerprint density at radius 1 is 0.523 bits per heavy atom. The molecule has 0 aliphatic heterocycles. The van der Waals surface area contributed by atoms with Gasteiger partial charge in [0.05, 0.1) is 12.1 Å². The molecule has 5 rings (SSSR count). The monoisotopic (exact) mass is 618 g/mol. The van der Waals surface area contributed by atoms with E-state index >= 15 is 0 Å². The molecule has 0 spiro atoms. The molecule has 228 valence electrons. The molecule has 1 fully saturated rings. The van der Waals surface area contributed by atoms with Crippen molar-refractivity contribution >= 4 is 36.0 Å². The van der Waals surface area contributed by atoms with E-state index in [1.165, 1.54) is 54.7 Å². The van der Waals surface area contributed by atoms with Crippen LogP contribution in [0.5, 0.6) is 0 Å². The molecular formula is C40H46N2S2. The molecule has 0 N–H and O–H groups in total. The normalized spacial score (nSPS) is 17.9. The molecule has 4 aromatic carbocycles. The molecule has 0 amide bonds. The van der Waals surface area contributed by atoms with Gasteiger partial charge >= 0.3 is 0 Å². The third-order valence-corrected chi connectivity index (χ3v) is 10.4. The second-order valence-electron chi connectivity index (χ2n) is 13.8. The van der Waals surface area contributed by atoms with Crippen molar-refractivity contribution in [2.24, 2.45) is 9.98 Å². The van der Waals surface area contributed by atoms with E-state index in [2.05, 4.69) is 151 Å². The molecule has 0 aromatic heterocycles. The Balaban J connectivity index is 1.29. The highest BCUT2D eigenvalue weighted by Crippen LogP contribution is 2.34. The van der Waals surface area contributed by atoms with Gasteiger partial charge in [-0.05, 0) is 71.2 Å². The lowest BCUT2D eigenvalue weighted by Crippen LogP contribution is -2.27. The molecule has 0 saturated heterocycles. The zero-order chi connectivity index (χ0) is 31.2. The fraction of sp³-hybridized carbons (Fsp3) is 0.350. The van der Waals surface area contributed by atoms with Gasteiger partial charge in [0, 0.05) is 43.1 Å². The maximum absolute atomic E-state index is 5.16. The lowest BCUT2D eigenvalue weighted by atomic mass is 9.87. The topological polar surface area (TPSA) is 24.7 Å². The van der Waals surface area contributed by atoms with Crippen LogP contribution >= 0.6 is 23.5 Å². The van der Waals surface area contributed by atoms with Crippen LogP contribution in [0.4, 0.5) is 0 Å². The Kier molecular flexibility index (Phi) is 10.5. The summed E-state index contributed by atoms with van der Waals surface area (Å²) in [6.45, 7) is 13.5. The first-order valence-corrected chi connectivity index (χ1v) is 17.5. The van der Waals surface area contributed by atoms with Crippen molar-refractivity contribution in [3.63, 3.8) is 0 Å². The van der Waals surface area contributed by atoms with Gasteiger partial charge in [0.2, 0.25) is 0 Å². The van der Waals surface area contributed by atoms with Crippen molar-refractivity contribution in [2.75, 3.05) is 0 Å². The van der Waals surface area contributed by atoms with Gasteiger partial charge in [-0.25, -0.2) is 0 Å². The lowest BCUT2D eigenvalue weighted by Gasteiger charge is -2.25. The summed E-state index contributed by atoms with van der Waals surface area (Å²) in [5, 5.41) is 0. The van der Waals surface area contributed by atoms with Crippen LogP contribution in [0.3, 0.4) is 0 Å². The van der Waals surface area contributed by atoms with Crippen LogP contribution < -0.4 is 0 Å². The van der Waals surface area contributed by atoms with E-state index in [1.54, 1.807) is 0 Å². The Labute approximate surface area is 273 Å². The Morgan fingerprint density at radius 3 is 1.25 bits per heavy atom. The highest BCUT2D eigenvalue weighted by Gasteiger charge is 2.23. The molecule has 0 bridgehead atoms. The second kappa shape index (κ2) is 14.3. The minimum atomic E-state index is 0.159. The van der Waals surface area contributed by atoms with Crippen LogP contribution in [-0.2, 0) is 10.8 Å². The smallest absolute Gasteiger partial charge is 0.0723 e. The first-order valence-electron chi connectivity index (χ1n) is 15.9. The average Bonchev–Trinajstić information content (AvgIpc) is 3.00. The molecule has 4 heteroatoms. The van der Waals surface area contributed by atoms with Gasteiger partial charge in [-0.2, -0.15) is 0 Å². The van der Waals surface area contributed by atoms with E-state index in [4.69, 9.17) is 9.98 Å². The molecule has 4 aromatic rings. The Hall–Kier alpha value is -3.08. The minimum absolute atomic E-state index is 0.159. The van der Waals surface area contributed by atoms with Gasteiger partial charge in [-0.3, -0.25) is 9.98 Å². The Morgan fingerprint density at radius 2 is 0.886 bits per heavy atom. The number of benzene rings is 4. The molecule has 0 radical (unpaired) electrons. The number of rotatable bonds is 8. The number of hydrogen-bond acceptors (Lipinski definition) is 4. The van der Waals surface area contributed by atoms with Crippen molar-refractivity contribution in [1.82, 2.24) is 0 Å². The van der Waals surface area contributed by atoms with Gasteiger partial charge in [-0.1, -0.05) is 139 Å². The summed E-state index contributed by atoms with van der Waals surface area (Å²) in [5.41, 5.74) is 5.38. The first kappa shape index (κ1) is 32.3. The highest BCUT2D eigenvalue weighted by molar-refractivity contribution is 7.99. The molecule has 1 saturated carbocycles. The molecule has 2 nitrogen and oxygen atoms in total. The predicted molar refractivity (Wildman–Crippen MR) is 193 cm³/mol. The molecule has 44 heavy (non-hydrogen) atoms. The van der Waals surface area contributed by atoms with Crippen LogP contribution in [0.25, 0.3) is 0 Å². The summed E-state index contributed by atoms with van der Waals surface area (Å²) in [7, 11) is 0. The third-order valence-electron chi connectivity index (χ3n) is 8.24. The van der Waals surface area contributed by atoms with E-state index in [0.29, 0.717) is 0 Å². The molecule has 2 unspecified atom stereocenters. The van der Waals surface area contributed by atoms with E-state index in [9.17, 15) is 0 Å². The lowest BCUT2D eigenvalue weighted by molar-refractivity contribution is 0.390. The van der Waals surface area contributed by atoms with Gasteiger partial charge in [0.15, 0.2) is 0 Å². The minimum Gasteiger partial charge on any atom is -0.287 e. The molecule has 1 aliphatic rings. The predicted octanol–water partition coefficient (Wildman–Crippen LogP) is 11.4. The second-order valence-corrected chi connectivity index (χ2v) is 16.0. The van der Waals surface area contributed by atoms with Gasteiger partial charge < -0.3 is 0 Å². The summed E-state index contributed by atoms with van der Waals surface area (Å²) in [6.07, 6.45) is 8.77. The van der Waals surface area contributed by atoms with Gasteiger partial charge in [-0.15, -0.1) is 0 Å². The summed E-state index contributed by atoms with van der Waals surface area (Å²) < 4.78 is 0. The van der Waals surface area contributed by atoms with E-state index in [-0.39, 0.29) is 22.9 Å². The molecule has 0 heterocycles. The third kappa shape index (κ3) is 8.76. The van der Waals surface area contributed by atoms with Crippen molar-refractivity contribution in [2.45, 2.75) is 110 Å². The van der Waals surface area contributed by atoms with Gasteiger partial charge in [0.1, 0.15) is 0 Å². The van der Waals surface area contributed by atoms with E-state index < -0.39 is 0 Å². The first-order chi connectivity index (χ1) is 21.1. The zero-order valence-electron chi connectivity index (χ0n) is 27.1. The molecule has 1 aliphatic carbocycles. The SMILES string of the molecule is CC(C)(C)c1ccc(Sc2ccccc2C=NC2CCCCC2N=Cc2ccccc2Sc2ccc(C(C)(C)C)cc2)cc1. The summed E-state index contributed by atoms with van der Waals surface area (Å²) in [5.74, 6) is 0. The number of aliphatic imine (C=N–C) groups is 2. The van der Waals surface area contributed by atoms with Crippen molar-refractivity contribution < 1.29 is 0 Å². The van der Waals surface area contributed by atoms with Crippen molar-refractivity contribution in [1.29, 1.82) is 0 Å². The maximum Gasteiger partial charge on any atom is 0.0723 e. The standard InChI is InChI=1S/C40H46N2S2/c1-39(2,3)31-19-23-33(24-20-31)43-37-17-11-7-13-29(37)27-41-35-15-9-10-16-36(35)42-28-30-14-8-12-18-38(30)44-34-25-21-32(22-26-34)40(4,5)6/h7-8,11-14,17-28,35-36H,9-10,15-16H2,1-6H3. The van der Waals surface area contributed by atoms with Crippen LogP contribution in [0.1, 0.15) is 89.5 Å². The summed E-state index contributed by atoms with van der Waals surface area (Å²) >= 11 is 3.62. The largest absolute Gasteiger partial charge is 0.287 e. The van der Waals surface area contributed by atoms with Crippen molar-refractivity contribution in [3.05, 3.63) is 119 Å². The fourth-order valence-corrected chi connectivity index (χ4v) is 7.27. The fourth-order valence-electron chi connectivity index (χ4n) is 5.45. The van der Waals surface area contributed by atoms with Crippen LogP contribution in [0.2, 0.25) is 0 Å². The highest BCUT2D eigenvalue weighted by atomic mass is 32.2. The quantitative estimate of drug-likeness (QED) is 0.184. The van der Waals surface area contributed by atoms with Crippen LogP contribution in [0, 0.1) is 0 Å². The number of hydrogen-bond donors (Lipinski definition) is 0. The molecular weight excluding hydrogens is 573 g/mol. The summed E-state index contributed by atoms with van der Waals surface area (Å²) in [6, 6.07) is 35.6. The maximum atomic E-state index is 5.16. The van der Waals surface area contributed by atoms with Crippen LogP contribution in [-0.4, -0.2) is 24.5 Å². The van der Waals surface area contributed by atoms with Crippen LogP contribution in [0.15, 0.2) is 127 Å².